The van der Waals surface area contributed by atoms with Crippen molar-refractivity contribution < 1.29 is 4.79 Å². The van der Waals surface area contributed by atoms with Crippen molar-refractivity contribution in [2.75, 3.05) is 24.6 Å². The van der Waals surface area contributed by atoms with Crippen molar-refractivity contribution in [2.45, 2.75) is 26.2 Å². The number of thioether (sulfide) groups is 1. The molecule has 1 aromatic rings. The van der Waals surface area contributed by atoms with Gasteiger partial charge in [-0.05, 0) is 24.7 Å². The Balaban J connectivity index is 2.01. The van der Waals surface area contributed by atoms with Gasteiger partial charge in [-0.1, -0.05) is 13.3 Å². The molecule has 1 fully saturated rings. The number of aromatic nitrogens is 2. The normalized spacial score (nSPS) is 16.9. The molecule has 0 atom stereocenters. The molecule has 2 heterocycles. The average molecular weight is 253 g/mol. The number of aromatic amines is 1. The lowest BCUT2D eigenvalue weighted by atomic mass is 10.2. The monoisotopic (exact) mass is 253 g/mol. The third-order valence-electron chi connectivity index (χ3n) is 2.88. The lowest BCUT2D eigenvalue weighted by Crippen LogP contribution is -2.33. The number of nitrogens with one attached hydrogen (secondary N) is 1. The number of nitrogens with zero attached hydrogens (tertiary/aromatic N) is 2. The fourth-order valence-electron chi connectivity index (χ4n) is 1.98. The van der Waals surface area contributed by atoms with E-state index in [1.165, 1.54) is 0 Å². The standard InChI is InChI=1S/C12H19N3OS/c1-2-4-10-9-11(14-13-10)12(16)15-5-3-7-17-8-6-15/h9H,2-8H2,1H3,(H,13,14). The van der Waals surface area contributed by atoms with Crippen LogP contribution in [-0.2, 0) is 6.42 Å². The molecular formula is C12H19N3OS. The molecule has 1 aliphatic heterocycles. The smallest absolute Gasteiger partial charge is 0.274 e. The van der Waals surface area contributed by atoms with E-state index in [2.05, 4.69) is 17.1 Å². The molecule has 0 aliphatic carbocycles. The highest BCUT2D eigenvalue weighted by molar-refractivity contribution is 7.99. The zero-order valence-electron chi connectivity index (χ0n) is 10.2. The number of carbonyl (C=O) groups is 1. The summed E-state index contributed by atoms with van der Waals surface area (Å²) in [4.78, 5) is 14.1. The first-order valence-electron chi connectivity index (χ1n) is 6.22. The number of hydrogen-bond donors (Lipinski definition) is 1. The highest BCUT2D eigenvalue weighted by Gasteiger charge is 2.19. The Kier molecular flexibility index (Phi) is 4.48. The molecule has 1 N–H and O–H groups in total. The second-order valence-electron chi connectivity index (χ2n) is 4.29. The van der Waals surface area contributed by atoms with Gasteiger partial charge in [0.1, 0.15) is 5.69 Å². The number of aryl methyl sites for hydroxylation is 1. The maximum absolute atomic E-state index is 12.2. The van der Waals surface area contributed by atoms with E-state index in [4.69, 9.17) is 0 Å². The minimum absolute atomic E-state index is 0.0751. The van der Waals surface area contributed by atoms with Crippen molar-refractivity contribution in [3.05, 3.63) is 17.5 Å². The van der Waals surface area contributed by atoms with Crippen LogP contribution in [0, 0.1) is 0 Å². The summed E-state index contributed by atoms with van der Waals surface area (Å²) in [5, 5.41) is 7.06. The van der Waals surface area contributed by atoms with Crippen LogP contribution >= 0.6 is 11.8 Å². The third kappa shape index (κ3) is 3.25. The predicted molar refractivity (Wildman–Crippen MR) is 70.4 cm³/mol. The molecule has 0 spiro atoms. The van der Waals surface area contributed by atoms with E-state index >= 15 is 0 Å². The largest absolute Gasteiger partial charge is 0.336 e. The highest BCUT2D eigenvalue weighted by atomic mass is 32.2. The van der Waals surface area contributed by atoms with Gasteiger partial charge in [-0.3, -0.25) is 9.89 Å². The zero-order valence-corrected chi connectivity index (χ0v) is 11.1. The molecule has 1 aliphatic rings. The van der Waals surface area contributed by atoms with Crippen molar-refractivity contribution in [1.82, 2.24) is 15.1 Å². The topological polar surface area (TPSA) is 49.0 Å². The SMILES string of the molecule is CCCc1cc(C(=O)N2CCCSCC2)n[nH]1. The summed E-state index contributed by atoms with van der Waals surface area (Å²) in [7, 11) is 0. The molecule has 1 saturated heterocycles. The minimum Gasteiger partial charge on any atom is -0.336 e. The summed E-state index contributed by atoms with van der Waals surface area (Å²) in [5.74, 6) is 2.27. The Morgan fingerprint density at radius 1 is 1.53 bits per heavy atom. The summed E-state index contributed by atoms with van der Waals surface area (Å²) in [6.45, 7) is 3.83. The summed E-state index contributed by atoms with van der Waals surface area (Å²) >= 11 is 1.92. The summed E-state index contributed by atoms with van der Waals surface area (Å²) in [6, 6.07) is 1.89. The van der Waals surface area contributed by atoms with E-state index in [-0.39, 0.29) is 5.91 Å². The fraction of sp³-hybridized carbons (Fsp3) is 0.667. The van der Waals surface area contributed by atoms with E-state index in [0.717, 1.165) is 49.6 Å². The van der Waals surface area contributed by atoms with Crippen LogP contribution in [0.5, 0.6) is 0 Å². The van der Waals surface area contributed by atoms with Gasteiger partial charge in [-0.2, -0.15) is 16.9 Å². The Hall–Kier alpha value is -0.970. The molecule has 94 valence electrons. The van der Waals surface area contributed by atoms with Gasteiger partial charge in [0.05, 0.1) is 0 Å². The molecular weight excluding hydrogens is 234 g/mol. The van der Waals surface area contributed by atoms with Gasteiger partial charge >= 0.3 is 0 Å². The maximum atomic E-state index is 12.2. The lowest BCUT2D eigenvalue weighted by Gasteiger charge is -2.18. The lowest BCUT2D eigenvalue weighted by molar-refractivity contribution is 0.0762. The highest BCUT2D eigenvalue weighted by Crippen LogP contribution is 2.13. The van der Waals surface area contributed by atoms with Crippen LogP contribution in [0.25, 0.3) is 0 Å². The van der Waals surface area contributed by atoms with Crippen molar-refractivity contribution in [1.29, 1.82) is 0 Å². The van der Waals surface area contributed by atoms with Gasteiger partial charge in [0.15, 0.2) is 0 Å². The Labute approximate surface area is 106 Å². The molecule has 0 bridgehead atoms. The molecule has 0 radical (unpaired) electrons. The van der Waals surface area contributed by atoms with E-state index in [1.54, 1.807) is 0 Å². The van der Waals surface area contributed by atoms with Crippen LogP contribution in [0.2, 0.25) is 0 Å². The maximum Gasteiger partial charge on any atom is 0.274 e. The van der Waals surface area contributed by atoms with Crippen LogP contribution in [0.4, 0.5) is 0 Å². The van der Waals surface area contributed by atoms with Crippen LogP contribution in [0.1, 0.15) is 35.9 Å². The molecule has 0 saturated carbocycles. The summed E-state index contributed by atoms with van der Waals surface area (Å²) in [5.41, 5.74) is 1.63. The summed E-state index contributed by atoms with van der Waals surface area (Å²) < 4.78 is 0. The van der Waals surface area contributed by atoms with Gasteiger partial charge in [0.25, 0.3) is 5.91 Å². The van der Waals surface area contributed by atoms with Gasteiger partial charge in [-0.15, -0.1) is 0 Å². The van der Waals surface area contributed by atoms with Crippen molar-refractivity contribution in [2.24, 2.45) is 0 Å². The zero-order chi connectivity index (χ0) is 12.1. The summed E-state index contributed by atoms with van der Waals surface area (Å²) in [6.07, 6.45) is 3.11. The molecule has 1 aromatic heterocycles. The quantitative estimate of drug-likeness (QED) is 0.895. The average Bonchev–Trinajstić information content (AvgIpc) is 2.64. The number of H-pyrrole nitrogens is 1. The molecule has 5 heteroatoms. The van der Waals surface area contributed by atoms with Crippen LogP contribution in [0.15, 0.2) is 6.07 Å². The minimum atomic E-state index is 0.0751. The first-order chi connectivity index (χ1) is 8.31. The number of carbonyl (C=O) groups excluding carboxylic acids is 1. The molecule has 0 aromatic carbocycles. The number of hydrogen-bond acceptors (Lipinski definition) is 3. The van der Waals surface area contributed by atoms with Crippen LogP contribution in [-0.4, -0.2) is 45.6 Å². The van der Waals surface area contributed by atoms with E-state index in [1.807, 2.05) is 22.7 Å². The molecule has 1 amide bonds. The molecule has 4 nitrogen and oxygen atoms in total. The van der Waals surface area contributed by atoms with Crippen molar-refractivity contribution in [3.63, 3.8) is 0 Å². The second-order valence-corrected chi connectivity index (χ2v) is 5.51. The van der Waals surface area contributed by atoms with E-state index in [9.17, 15) is 4.79 Å². The Morgan fingerprint density at radius 3 is 3.24 bits per heavy atom. The van der Waals surface area contributed by atoms with Crippen LogP contribution in [0.3, 0.4) is 0 Å². The first-order valence-corrected chi connectivity index (χ1v) is 7.38. The Bertz CT molecular complexity index is 370. The number of rotatable bonds is 3. The van der Waals surface area contributed by atoms with Crippen molar-refractivity contribution in [3.8, 4) is 0 Å². The third-order valence-corrected chi connectivity index (χ3v) is 3.93. The van der Waals surface area contributed by atoms with Gasteiger partial charge in [0, 0.05) is 24.5 Å². The first kappa shape index (κ1) is 12.5. The van der Waals surface area contributed by atoms with Gasteiger partial charge in [-0.25, -0.2) is 0 Å². The molecule has 0 unspecified atom stereocenters. The van der Waals surface area contributed by atoms with Gasteiger partial charge < -0.3 is 4.90 Å². The van der Waals surface area contributed by atoms with Crippen molar-refractivity contribution >= 4 is 17.7 Å². The van der Waals surface area contributed by atoms with E-state index < -0.39 is 0 Å². The molecule has 17 heavy (non-hydrogen) atoms. The molecule has 2 rings (SSSR count). The Morgan fingerprint density at radius 2 is 2.41 bits per heavy atom. The van der Waals surface area contributed by atoms with Gasteiger partial charge in [0.2, 0.25) is 0 Å². The van der Waals surface area contributed by atoms with E-state index in [0.29, 0.717) is 5.69 Å². The predicted octanol–water partition coefficient (Wildman–Crippen LogP) is 1.94. The number of amides is 1. The fourth-order valence-corrected chi connectivity index (χ4v) is 2.87. The van der Waals surface area contributed by atoms with Crippen LogP contribution < -0.4 is 0 Å². The second kappa shape index (κ2) is 6.10.